The van der Waals surface area contributed by atoms with Gasteiger partial charge in [-0.15, -0.1) is 0 Å². The molecule has 2 nitrogen and oxygen atoms in total. The Morgan fingerprint density at radius 3 is 2.44 bits per heavy atom. The first-order chi connectivity index (χ1) is 7.62. The van der Waals surface area contributed by atoms with Crippen molar-refractivity contribution in [1.82, 2.24) is 4.90 Å². The third-order valence-corrected chi connectivity index (χ3v) is 5.37. The van der Waals surface area contributed by atoms with Crippen LogP contribution in [-0.4, -0.2) is 25.0 Å². The molecule has 2 N–H and O–H groups in total. The van der Waals surface area contributed by atoms with E-state index in [9.17, 15) is 0 Å². The maximum Gasteiger partial charge on any atom is 0.0110 e. The van der Waals surface area contributed by atoms with E-state index < -0.39 is 0 Å². The van der Waals surface area contributed by atoms with E-state index in [0.717, 1.165) is 11.8 Å². The quantitative estimate of drug-likeness (QED) is 0.735. The first kappa shape index (κ1) is 10.6. The summed E-state index contributed by atoms with van der Waals surface area (Å²) < 4.78 is 0. The summed E-state index contributed by atoms with van der Waals surface area (Å²) in [5.41, 5.74) is 9.68. The lowest BCUT2D eigenvalue weighted by atomic mass is 9.72. The second-order valence-electron chi connectivity index (χ2n) is 6.31. The smallest absolute Gasteiger partial charge is 0.0110 e. The topological polar surface area (TPSA) is 29.3 Å². The van der Waals surface area contributed by atoms with Gasteiger partial charge in [0.05, 0.1) is 0 Å². The van der Waals surface area contributed by atoms with Gasteiger partial charge < -0.3 is 10.6 Å². The Kier molecular flexibility index (Phi) is 2.32. The summed E-state index contributed by atoms with van der Waals surface area (Å²) in [6.07, 6.45) is 6.88. The van der Waals surface area contributed by atoms with Gasteiger partial charge in [-0.3, -0.25) is 0 Å². The number of nitrogens with zero attached hydrogens (tertiary/aromatic N) is 1. The molecule has 1 saturated heterocycles. The van der Waals surface area contributed by atoms with Crippen LogP contribution >= 0.6 is 0 Å². The number of hydrogen-bond donors (Lipinski definition) is 1. The maximum atomic E-state index is 6.37. The van der Waals surface area contributed by atoms with Gasteiger partial charge in [0.1, 0.15) is 0 Å². The molecule has 0 aromatic rings. The largest absolute Gasteiger partial charge is 0.402 e. The summed E-state index contributed by atoms with van der Waals surface area (Å²) in [4.78, 5) is 2.46. The van der Waals surface area contributed by atoms with E-state index in [-0.39, 0.29) is 0 Å². The van der Waals surface area contributed by atoms with Crippen LogP contribution in [0.15, 0.2) is 11.3 Å². The van der Waals surface area contributed by atoms with E-state index in [0.29, 0.717) is 5.41 Å². The van der Waals surface area contributed by atoms with Gasteiger partial charge in [-0.1, -0.05) is 0 Å². The SMILES string of the molecule is CC1=C(N)C(C2CC2)CC12CCN(C)CC2. The predicted molar refractivity (Wildman–Crippen MR) is 66.9 cm³/mol. The molecule has 1 saturated carbocycles. The maximum absolute atomic E-state index is 6.37. The predicted octanol–water partition coefficient (Wildman–Crippen LogP) is 2.36. The second-order valence-corrected chi connectivity index (χ2v) is 6.31. The highest BCUT2D eigenvalue weighted by molar-refractivity contribution is 5.29. The molecule has 1 atom stereocenters. The van der Waals surface area contributed by atoms with Crippen LogP contribution < -0.4 is 5.73 Å². The van der Waals surface area contributed by atoms with Gasteiger partial charge in [0, 0.05) is 11.6 Å². The number of allylic oxidation sites excluding steroid dienone is 2. The molecule has 0 radical (unpaired) electrons. The molecule has 0 bridgehead atoms. The first-order valence-electron chi connectivity index (χ1n) is 6.78. The molecule has 2 heteroatoms. The molecule has 90 valence electrons. The molecule has 0 aromatic carbocycles. The molecule has 1 heterocycles. The molecule has 2 fully saturated rings. The Hall–Kier alpha value is -0.500. The van der Waals surface area contributed by atoms with E-state index in [1.807, 2.05) is 0 Å². The van der Waals surface area contributed by atoms with Crippen LogP contribution in [0.4, 0.5) is 0 Å². The highest BCUT2D eigenvalue weighted by Crippen LogP contribution is 2.56. The fourth-order valence-electron chi connectivity index (χ4n) is 3.81. The fraction of sp³-hybridized carbons (Fsp3) is 0.857. The Labute approximate surface area is 98.9 Å². The number of piperidine rings is 1. The summed E-state index contributed by atoms with van der Waals surface area (Å²) in [5.74, 6) is 1.68. The van der Waals surface area contributed by atoms with Crippen LogP contribution in [0, 0.1) is 17.3 Å². The monoisotopic (exact) mass is 220 g/mol. The molecule has 16 heavy (non-hydrogen) atoms. The number of likely N-dealkylation sites (tertiary alicyclic amines) is 1. The average Bonchev–Trinajstić information content (AvgIpc) is 3.08. The van der Waals surface area contributed by atoms with Gasteiger partial charge in [0.25, 0.3) is 0 Å². The summed E-state index contributed by atoms with van der Waals surface area (Å²) in [6.45, 7) is 4.81. The van der Waals surface area contributed by atoms with Crippen molar-refractivity contribution >= 4 is 0 Å². The van der Waals surface area contributed by atoms with Crippen molar-refractivity contribution in [3.05, 3.63) is 11.3 Å². The van der Waals surface area contributed by atoms with Crippen molar-refractivity contribution in [2.45, 2.75) is 39.0 Å². The molecule has 2 aliphatic carbocycles. The third kappa shape index (κ3) is 1.50. The third-order valence-electron chi connectivity index (χ3n) is 5.37. The minimum Gasteiger partial charge on any atom is -0.402 e. The van der Waals surface area contributed by atoms with E-state index >= 15 is 0 Å². The van der Waals surface area contributed by atoms with Crippen LogP contribution in [0.25, 0.3) is 0 Å². The van der Waals surface area contributed by atoms with Crippen molar-refractivity contribution in [1.29, 1.82) is 0 Å². The van der Waals surface area contributed by atoms with Crippen molar-refractivity contribution in [3.8, 4) is 0 Å². The van der Waals surface area contributed by atoms with Gasteiger partial charge in [-0.25, -0.2) is 0 Å². The summed E-state index contributed by atoms with van der Waals surface area (Å²) >= 11 is 0. The van der Waals surface area contributed by atoms with Gasteiger partial charge in [-0.2, -0.15) is 0 Å². The average molecular weight is 220 g/mol. The lowest BCUT2D eigenvalue weighted by molar-refractivity contribution is 0.143. The van der Waals surface area contributed by atoms with Gasteiger partial charge in [-0.05, 0) is 76.1 Å². The van der Waals surface area contributed by atoms with E-state index in [1.165, 1.54) is 50.9 Å². The number of rotatable bonds is 1. The number of nitrogens with two attached hydrogens (primary N) is 1. The van der Waals surface area contributed by atoms with Crippen LogP contribution in [-0.2, 0) is 0 Å². The van der Waals surface area contributed by atoms with Crippen molar-refractivity contribution < 1.29 is 0 Å². The second kappa shape index (κ2) is 3.49. The van der Waals surface area contributed by atoms with E-state index in [1.54, 1.807) is 5.57 Å². The standard InChI is InChI=1S/C14H24N2/c1-10-13(15)12(11-3-4-11)9-14(10)5-7-16(2)8-6-14/h11-12H,3-9,15H2,1-2H3. The zero-order chi connectivity index (χ0) is 11.3. The Bertz CT molecular complexity index is 320. The van der Waals surface area contributed by atoms with Crippen molar-refractivity contribution in [2.24, 2.45) is 23.0 Å². The minimum absolute atomic E-state index is 0.490. The van der Waals surface area contributed by atoms with Crippen molar-refractivity contribution in [2.75, 3.05) is 20.1 Å². The Morgan fingerprint density at radius 1 is 1.25 bits per heavy atom. The first-order valence-corrected chi connectivity index (χ1v) is 6.78. The van der Waals surface area contributed by atoms with Crippen LogP contribution in [0.2, 0.25) is 0 Å². The summed E-state index contributed by atoms with van der Waals surface area (Å²) in [5, 5.41) is 0. The highest BCUT2D eigenvalue weighted by atomic mass is 15.1. The van der Waals surface area contributed by atoms with E-state index in [4.69, 9.17) is 5.73 Å². The fourth-order valence-corrected chi connectivity index (χ4v) is 3.81. The molecule has 3 rings (SSSR count). The molecule has 0 amide bonds. The van der Waals surface area contributed by atoms with Gasteiger partial charge >= 0.3 is 0 Å². The Balaban J connectivity index is 1.82. The highest BCUT2D eigenvalue weighted by Gasteiger charge is 2.48. The normalized spacial score (nSPS) is 35.0. The lowest BCUT2D eigenvalue weighted by Crippen LogP contribution is -2.37. The van der Waals surface area contributed by atoms with Crippen LogP contribution in [0.3, 0.4) is 0 Å². The van der Waals surface area contributed by atoms with Crippen molar-refractivity contribution in [3.63, 3.8) is 0 Å². The summed E-state index contributed by atoms with van der Waals surface area (Å²) in [6, 6.07) is 0. The molecule has 1 unspecified atom stereocenters. The van der Waals surface area contributed by atoms with Gasteiger partial charge in [0.2, 0.25) is 0 Å². The van der Waals surface area contributed by atoms with Crippen LogP contribution in [0.1, 0.15) is 39.0 Å². The zero-order valence-electron chi connectivity index (χ0n) is 10.6. The van der Waals surface area contributed by atoms with Crippen LogP contribution in [0.5, 0.6) is 0 Å². The Morgan fingerprint density at radius 2 is 1.88 bits per heavy atom. The molecule has 0 aromatic heterocycles. The minimum atomic E-state index is 0.490. The molecule has 3 aliphatic rings. The molecular weight excluding hydrogens is 196 g/mol. The number of hydrogen-bond acceptors (Lipinski definition) is 2. The molecule has 1 spiro atoms. The molecular formula is C14H24N2. The van der Waals surface area contributed by atoms with E-state index in [2.05, 4.69) is 18.9 Å². The lowest BCUT2D eigenvalue weighted by Gasteiger charge is -2.39. The summed E-state index contributed by atoms with van der Waals surface area (Å²) in [7, 11) is 2.24. The molecule has 1 aliphatic heterocycles. The van der Waals surface area contributed by atoms with Gasteiger partial charge in [0.15, 0.2) is 0 Å². The zero-order valence-corrected chi connectivity index (χ0v) is 10.6.